The Morgan fingerprint density at radius 2 is 2.33 bits per heavy atom. The van der Waals surface area contributed by atoms with Gasteiger partial charge in [0.25, 0.3) is 0 Å². The fourth-order valence-electron chi connectivity index (χ4n) is 0.948. The molecule has 0 bridgehead atoms. The zero-order valence-electron chi connectivity index (χ0n) is 6.93. The Bertz CT molecular complexity index is 263. The van der Waals surface area contributed by atoms with Crippen molar-refractivity contribution in [3.63, 3.8) is 0 Å². The number of ether oxygens (including phenoxy) is 1. The van der Waals surface area contributed by atoms with Gasteiger partial charge in [0.15, 0.2) is 0 Å². The summed E-state index contributed by atoms with van der Waals surface area (Å²) in [4.78, 5) is 0. The first kappa shape index (κ1) is 9.00. The van der Waals surface area contributed by atoms with Crippen molar-refractivity contribution < 1.29 is 14.4 Å². The average molecular weight is 168 g/mol. The summed E-state index contributed by atoms with van der Waals surface area (Å²) in [6.07, 6.45) is 0. The van der Waals surface area contributed by atoms with Crippen LogP contribution in [-0.4, -0.2) is 7.11 Å². The van der Waals surface area contributed by atoms with Crippen molar-refractivity contribution in [2.24, 2.45) is 0 Å². The van der Waals surface area contributed by atoms with E-state index in [0.717, 1.165) is 0 Å². The number of nitrogens with one attached hydrogen (secondary N) is 1. The van der Waals surface area contributed by atoms with Gasteiger partial charge in [-0.3, -0.25) is 0 Å². The minimum Gasteiger partial charge on any atom is -0.497 e. The van der Waals surface area contributed by atoms with Crippen LogP contribution in [0.3, 0.4) is 0 Å². The van der Waals surface area contributed by atoms with Gasteiger partial charge in [0.05, 0.1) is 7.11 Å². The molecule has 0 unspecified atom stereocenters. The van der Waals surface area contributed by atoms with Crippen molar-refractivity contribution in [2.45, 2.75) is 6.54 Å². The molecular formula is C9H11FNO. The van der Waals surface area contributed by atoms with Crippen LogP contribution in [0, 0.1) is 12.9 Å². The summed E-state index contributed by atoms with van der Waals surface area (Å²) in [5.74, 6) is 0.411. The molecule has 0 aliphatic heterocycles. The van der Waals surface area contributed by atoms with E-state index in [0.29, 0.717) is 17.9 Å². The highest BCUT2D eigenvalue weighted by Crippen LogP contribution is 2.15. The minimum absolute atomic E-state index is 0.244. The smallest absolute Gasteiger partial charge is 0.132 e. The molecule has 65 valence electrons. The van der Waals surface area contributed by atoms with E-state index < -0.39 is 0 Å². The maximum absolute atomic E-state index is 13.0. The molecular weight excluding hydrogens is 157 g/mol. The molecule has 1 radical (unpaired) electrons. The molecule has 1 aromatic carbocycles. The second-order valence-corrected chi connectivity index (χ2v) is 2.38. The molecule has 12 heavy (non-hydrogen) atoms. The third-order valence-corrected chi connectivity index (χ3v) is 1.57. The standard InChI is InChI=1S/C9H11FNO/c1-11-6-7-5-8(12-2)3-4-9(7)10/h3-5,11H,1,6H2,2H3. The highest BCUT2D eigenvalue weighted by molar-refractivity contribution is 5.29. The van der Waals surface area contributed by atoms with Crippen molar-refractivity contribution in [3.05, 3.63) is 36.6 Å². The van der Waals surface area contributed by atoms with E-state index in [1.165, 1.54) is 6.07 Å². The van der Waals surface area contributed by atoms with Crippen molar-refractivity contribution in [1.29, 1.82) is 0 Å². The molecule has 0 atom stereocenters. The summed E-state index contributed by atoms with van der Waals surface area (Å²) in [5.41, 5.74) is 0.560. The predicted molar refractivity (Wildman–Crippen MR) is 43.0 cm³/mol. The average Bonchev–Trinajstić information content (AvgIpc) is 2.09. The Kier molecular flexibility index (Phi) is 3.05. The zero-order chi connectivity index (χ0) is 8.97. The van der Waals surface area contributed by atoms with E-state index in [1.54, 1.807) is 19.2 Å². The normalized spacial score (nSPS) is 9.92. The van der Waals surface area contributed by atoms with E-state index >= 15 is 0 Å². The third kappa shape index (κ3) is 1.95. The van der Waals surface area contributed by atoms with Crippen molar-refractivity contribution in [2.75, 3.05) is 7.11 Å². The highest BCUT2D eigenvalue weighted by Gasteiger charge is 2.03. The molecule has 0 aliphatic carbocycles. The lowest BCUT2D eigenvalue weighted by Gasteiger charge is -2.03. The van der Waals surface area contributed by atoms with Crippen LogP contribution in [0.15, 0.2) is 18.2 Å². The third-order valence-electron chi connectivity index (χ3n) is 1.57. The van der Waals surface area contributed by atoms with Gasteiger partial charge in [-0.05, 0) is 18.2 Å². The molecule has 0 aromatic heterocycles. The number of hydrogen-bond donors (Lipinski definition) is 1. The summed E-state index contributed by atoms with van der Waals surface area (Å²) in [6, 6.07) is 4.61. The molecule has 1 aromatic rings. The van der Waals surface area contributed by atoms with Gasteiger partial charge < -0.3 is 10.1 Å². The van der Waals surface area contributed by atoms with Gasteiger partial charge in [-0.25, -0.2) is 4.39 Å². The number of methoxy groups -OCH3 is 1. The molecule has 0 fully saturated rings. The van der Waals surface area contributed by atoms with Gasteiger partial charge in [0.2, 0.25) is 0 Å². The maximum Gasteiger partial charge on any atom is 0.132 e. The van der Waals surface area contributed by atoms with Crippen LogP contribution < -0.4 is 10.1 Å². The van der Waals surface area contributed by atoms with Gasteiger partial charge in [-0.2, -0.15) is 0 Å². The minimum atomic E-state index is -0.244. The first-order chi connectivity index (χ1) is 5.77. The molecule has 0 heterocycles. The Morgan fingerprint density at radius 3 is 2.92 bits per heavy atom. The summed E-state index contributed by atoms with van der Waals surface area (Å²) in [6.45, 7) is 0.406. The highest BCUT2D eigenvalue weighted by atomic mass is 19.1. The Hall–Kier alpha value is -1.09. The molecule has 1 rings (SSSR count). The van der Waals surface area contributed by atoms with Gasteiger partial charge in [-0.15, -0.1) is 7.05 Å². The second-order valence-electron chi connectivity index (χ2n) is 2.38. The van der Waals surface area contributed by atoms with Gasteiger partial charge in [0, 0.05) is 5.56 Å². The van der Waals surface area contributed by atoms with Crippen molar-refractivity contribution in [1.82, 2.24) is 0 Å². The number of halogens is 1. The number of rotatable bonds is 3. The predicted octanol–water partition coefficient (Wildman–Crippen LogP) is 0.475. The topological polar surface area (TPSA) is 24.8 Å². The van der Waals surface area contributed by atoms with Crippen LogP contribution >= 0.6 is 0 Å². The van der Waals surface area contributed by atoms with Crippen LogP contribution in [-0.2, 0) is 6.54 Å². The van der Waals surface area contributed by atoms with Crippen molar-refractivity contribution >= 4 is 0 Å². The Morgan fingerprint density at radius 1 is 1.58 bits per heavy atom. The van der Waals surface area contributed by atoms with Crippen LogP contribution in [0.1, 0.15) is 5.56 Å². The fourth-order valence-corrected chi connectivity index (χ4v) is 0.948. The van der Waals surface area contributed by atoms with E-state index in [4.69, 9.17) is 4.74 Å². The van der Waals surface area contributed by atoms with Crippen LogP contribution in [0.2, 0.25) is 0 Å². The number of hydrogen-bond acceptors (Lipinski definition) is 2. The lowest BCUT2D eigenvalue weighted by Crippen LogP contribution is -2.75. The summed E-state index contributed by atoms with van der Waals surface area (Å²) < 4.78 is 17.9. The molecule has 0 aliphatic rings. The summed E-state index contributed by atoms with van der Waals surface area (Å²) in [7, 11) is 4.97. The van der Waals surface area contributed by atoms with E-state index in [1.807, 2.05) is 0 Å². The molecule has 0 saturated heterocycles. The molecule has 0 saturated carbocycles. The monoisotopic (exact) mass is 168 g/mol. The van der Waals surface area contributed by atoms with Crippen LogP contribution in [0.25, 0.3) is 0 Å². The fraction of sp³-hybridized carbons (Fsp3) is 0.222. The van der Waals surface area contributed by atoms with Gasteiger partial charge in [-0.1, -0.05) is 0 Å². The second kappa shape index (κ2) is 4.07. The van der Waals surface area contributed by atoms with Crippen molar-refractivity contribution in [3.8, 4) is 5.75 Å². The summed E-state index contributed by atoms with van der Waals surface area (Å²) >= 11 is 0. The molecule has 0 amide bonds. The molecule has 3 heteroatoms. The molecule has 2 nitrogen and oxygen atoms in total. The first-order valence-corrected chi connectivity index (χ1v) is 3.60. The lowest BCUT2D eigenvalue weighted by atomic mass is 10.2. The SMILES string of the molecule is [CH2-][NH+]Cc1cc(OC)ccc1F. The Labute approximate surface area is 71.4 Å². The zero-order valence-corrected chi connectivity index (χ0v) is 6.93. The van der Waals surface area contributed by atoms with E-state index in [-0.39, 0.29) is 5.82 Å². The molecule has 1 N–H and O–H groups in total. The Balaban J connectivity index is 2.91. The quantitative estimate of drug-likeness (QED) is 0.652. The first-order valence-electron chi connectivity index (χ1n) is 3.60. The largest absolute Gasteiger partial charge is 0.497 e. The van der Waals surface area contributed by atoms with E-state index in [2.05, 4.69) is 12.4 Å². The van der Waals surface area contributed by atoms with Crippen LogP contribution in [0.4, 0.5) is 4.39 Å². The maximum atomic E-state index is 13.0. The lowest BCUT2D eigenvalue weighted by molar-refractivity contribution is -0.612. The molecule has 0 spiro atoms. The van der Waals surface area contributed by atoms with Gasteiger partial charge >= 0.3 is 0 Å². The van der Waals surface area contributed by atoms with E-state index in [9.17, 15) is 4.39 Å². The van der Waals surface area contributed by atoms with Crippen LogP contribution in [0.5, 0.6) is 5.75 Å². The summed E-state index contributed by atoms with van der Waals surface area (Å²) in [5, 5.41) is 2.63. The number of benzene rings is 1. The van der Waals surface area contributed by atoms with Gasteiger partial charge in [0.1, 0.15) is 18.1 Å².